The fraction of sp³-hybridized carbons (Fsp3) is 0.200. The van der Waals surface area contributed by atoms with Gasteiger partial charge in [-0.25, -0.2) is 9.59 Å². The molecule has 0 aliphatic heterocycles. The Morgan fingerprint density at radius 2 is 0.955 bits per heavy atom. The van der Waals surface area contributed by atoms with E-state index < -0.39 is 58.7 Å². The summed E-state index contributed by atoms with van der Waals surface area (Å²) in [5.74, 6) is -14.7. The monoisotopic (exact) mass is 324 g/mol. The van der Waals surface area contributed by atoms with Gasteiger partial charge in [-0.05, 0) is 0 Å². The molecule has 2 unspecified atom stereocenters. The maximum Gasteiger partial charge on any atom is 0.375 e. The summed E-state index contributed by atoms with van der Waals surface area (Å²) >= 11 is 0. The first-order valence-electron chi connectivity index (χ1n) is 5.12. The van der Waals surface area contributed by atoms with E-state index in [2.05, 4.69) is 0 Å². The van der Waals surface area contributed by atoms with Crippen molar-refractivity contribution in [3.8, 4) is 0 Å². The summed E-state index contributed by atoms with van der Waals surface area (Å²) in [6, 6.07) is 0. The van der Waals surface area contributed by atoms with E-state index in [0.29, 0.717) is 0 Å². The minimum absolute atomic E-state index is 1.70. The van der Waals surface area contributed by atoms with Crippen LogP contribution >= 0.6 is 0 Å². The van der Waals surface area contributed by atoms with Crippen LogP contribution in [-0.2, 0) is 9.59 Å². The van der Waals surface area contributed by atoms with Crippen LogP contribution in [-0.4, -0.2) is 75.2 Å². The molecule has 0 aliphatic carbocycles. The highest BCUT2D eigenvalue weighted by atomic mass is 16.4. The Bertz CT molecular complexity index is 568. The molecule has 0 amide bonds. The lowest BCUT2D eigenvalue weighted by atomic mass is 10.1. The number of carboxylic acids is 2. The largest absolute Gasteiger partial charge is 0.506 e. The lowest BCUT2D eigenvalue weighted by Gasteiger charge is -2.14. The molecule has 0 spiro atoms. The fourth-order valence-corrected chi connectivity index (χ4v) is 0.991. The van der Waals surface area contributed by atoms with E-state index in [1.165, 1.54) is 0 Å². The second kappa shape index (κ2) is 7.05. The third-order valence-electron chi connectivity index (χ3n) is 2.17. The summed E-state index contributed by atoms with van der Waals surface area (Å²) in [6.45, 7) is 0. The van der Waals surface area contributed by atoms with Crippen LogP contribution in [0.25, 0.3) is 0 Å². The van der Waals surface area contributed by atoms with Crippen LogP contribution in [0.2, 0.25) is 0 Å². The molecule has 2 atom stereocenters. The molecule has 0 aromatic rings. The van der Waals surface area contributed by atoms with Gasteiger partial charge in [-0.15, -0.1) is 0 Å². The second-order valence-corrected chi connectivity index (χ2v) is 3.65. The first-order valence-corrected chi connectivity index (χ1v) is 5.12. The number of carboxylic acid groups (broad SMARTS) is 2. The molecule has 0 aromatic heterocycles. The Morgan fingerprint density at radius 1 is 0.545 bits per heavy atom. The van der Waals surface area contributed by atoms with Gasteiger partial charge in [-0.3, -0.25) is 0 Å². The summed E-state index contributed by atoms with van der Waals surface area (Å²) in [5.41, 5.74) is 0. The van der Waals surface area contributed by atoms with Gasteiger partial charge in [0.05, 0.1) is 0 Å². The van der Waals surface area contributed by atoms with Crippen molar-refractivity contribution in [1.29, 1.82) is 0 Å². The number of hydrogen-bond acceptors (Lipinski definition) is 10. The molecule has 0 saturated heterocycles. The summed E-state index contributed by atoms with van der Waals surface area (Å²) < 4.78 is 0. The maximum absolute atomic E-state index is 10.3. The van der Waals surface area contributed by atoms with Crippen molar-refractivity contribution < 1.29 is 60.7 Å². The lowest BCUT2D eigenvalue weighted by Crippen LogP contribution is -2.27. The maximum atomic E-state index is 10.3. The Balaban J connectivity index is 5.81. The minimum Gasteiger partial charge on any atom is -0.506 e. The number of rotatable bonds is 6. The molecule has 0 heterocycles. The smallest absolute Gasteiger partial charge is 0.375 e. The van der Waals surface area contributed by atoms with Crippen molar-refractivity contribution in [1.82, 2.24) is 0 Å². The number of aliphatic hydroxyl groups excluding tert-OH is 8. The average molecular weight is 324 g/mol. The first-order chi connectivity index (χ1) is 9.93. The van der Waals surface area contributed by atoms with E-state index in [-0.39, 0.29) is 0 Å². The molecule has 0 radical (unpaired) electrons. The quantitative estimate of drug-likeness (QED) is 0.158. The summed E-state index contributed by atoms with van der Waals surface area (Å²) in [5, 5.41) is 89.5. The van der Waals surface area contributed by atoms with Gasteiger partial charge >= 0.3 is 11.9 Å². The van der Waals surface area contributed by atoms with Crippen molar-refractivity contribution in [3.05, 3.63) is 34.6 Å². The summed E-state index contributed by atoms with van der Waals surface area (Å²) in [7, 11) is 0. The molecule has 12 heteroatoms. The van der Waals surface area contributed by atoms with Gasteiger partial charge in [-0.2, -0.15) is 0 Å². The van der Waals surface area contributed by atoms with Crippen molar-refractivity contribution in [2.75, 3.05) is 0 Å². The molecule has 0 aliphatic rings. The lowest BCUT2D eigenvalue weighted by molar-refractivity contribution is -0.146. The molecule has 0 fully saturated rings. The van der Waals surface area contributed by atoms with Crippen LogP contribution < -0.4 is 0 Å². The van der Waals surface area contributed by atoms with Crippen molar-refractivity contribution >= 4 is 11.9 Å². The number of hydrogen-bond donors (Lipinski definition) is 10. The molecule has 0 rings (SSSR count). The molecular weight excluding hydrogens is 312 g/mol. The van der Waals surface area contributed by atoms with Crippen LogP contribution in [0.3, 0.4) is 0 Å². The molecule has 0 saturated carbocycles. The summed E-state index contributed by atoms with van der Waals surface area (Å²) in [4.78, 5) is 20.6. The van der Waals surface area contributed by atoms with E-state index >= 15 is 0 Å². The molecule has 22 heavy (non-hydrogen) atoms. The van der Waals surface area contributed by atoms with Gasteiger partial charge in [0.2, 0.25) is 23.4 Å². The Hall–Kier alpha value is -3.12. The summed E-state index contributed by atoms with van der Waals surface area (Å²) in [6.07, 6.45) is -5.43. The minimum atomic E-state index is -2.75. The van der Waals surface area contributed by atoms with Gasteiger partial charge in [0, 0.05) is 0 Å². The molecule has 0 aromatic carbocycles. The SMILES string of the molecule is O=C(O)/C(O)=C(O)/C(O)=C(/O)C(O)/C(O)=C(/O)C(O)C(=O)O. The Labute approximate surface area is 120 Å². The molecule has 10 N–H and O–H groups in total. The van der Waals surface area contributed by atoms with Gasteiger partial charge < -0.3 is 51.1 Å². The predicted octanol–water partition coefficient (Wildman–Crippen LogP) is -1.14. The number of aliphatic carboxylic acids is 2. The topological polar surface area (TPSA) is 236 Å². The predicted molar refractivity (Wildman–Crippen MR) is 64.1 cm³/mol. The van der Waals surface area contributed by atoms with Crippen LogP contribution in [0.1, 0.15) is 0 Å². The van der Waals surface area contributed by atoms with Crippen molar-refractivity contribution in [3.63, 3.8) is 0 Å². The number of carbonyl (C=O) groups is 2. The highest BCUT2D eigenvalue weighted by Crippen LogP contribution is 2.19. The van der Waals surface area contributed by atoms with Gasteiger partial charge in [0.1, 0.15) is 0 Å². The zero-order valence-electron chi connectivity index (χ0n) is 10.4. The van der Waals surface area contributed by atoms with Gasteiger partial charge in [-0.1, -0.05) is 0 Å². The highest BCUT2D eigenvalue weighted by Gasteiger charge is 2.30. The van der Waals surface area contributed by atoms with E-state index in [1.807, 2.05) is 0 Å². The van der Waals surface area contributed by atoms with Gasteiger partial charge in [0.15, 0.2) is 23.4 Å². The van der Waals surface area contributed by atoms with E-state index in [4.69, 9.17) is 30.6 Å². The van der Waals surface area contributed by atoms with Crippen LogP contribution in [0.4, 0.5) is 0 Å². The number of aliphatic hydroxyl groups is 8. The molecule has 0 bridgehead atoms. The van der Waals surface area contributed by atoms with E-state index in [1.54, 1.807) is 0 Å². The van der Waals surface area contributed by atoms with Gasteiger partial charge in [0.25, 0.3) is 0 Å². The third kappa shape index (κ3) is 3.94. The first kappa shape index (κ1) is 18.9. The normalized spacial score (nSPS) is 17.5. The average Bonchev–Trinajstić information content (AvgIpc) is 2.48. The molecular formula is C10H12O12. The Kier molecular flexibility index (Phi) is 6.05. The van der Waals surface area contributed by atoms with E-state index in [0.717, 1.165) is 0 Å². The van der Waals surface area contributed by atoms with Crippen molar-refractivity contribution in [2.45, 2.75) is 12.2 Å². The zero-order valence-corrected chi connectivity index (χ0v) is 10.4. The van der Waals surface area contributed by atoms with E-state index in [9.17, 15) is 30.0 Å². The zero-order chi connectivity index (χ0) is 17.8. The van der Waals surface area contributed by atoms with Crippen LogP contribution in [0.5, 0.6) is 0 Å². The van der Waals surface area contributed by atoms with Crippen LogP contribution in [0.15, 0.2) is 34.6 Å². The highest BCUT2D eigenvalue weighted by molar-refractivity contribution is 5.85. The fourth-order valence-electron chi connectivity index (χ4n) is 0.991. The molecule has 12 nitrogen and oxygen atoms in total. The third-order valence-corrected chi connectivity index (χ3v) is 2.17. The Morgan fingerprint density at radius 3 is 1.32 bits per heavy atom. The van der Waals surface area contributed by atoms with Crippen LogP contribution in [0, 0.1) is 0 Å². The standard InChI is InChI=1S/C10H12O12/c11-1(3(13)5(15)7(17)9(19)20)2(12)4(14)6(16)8(18)10(21)22/h1,7,11-18H,(H,19,20)(H,21,22)/b4-2-,5-3-,8-6+. The van der Waals surface area contributed by atoms with Crippen molar-refractivity contribution in [2.24, 2.45) is 0 Å². The second-order valence-electron chi connectivity index (χ2n) is 3.65. The molecule has 124 valence electrons.